The third-order valence-corrected chi connectivity index (χ3v) is 4.11. The normalized spacial score (nSPS) is 12.2. The first kappa shape index (κ1) is 19.5. The van der Waals surface area contributed by atoms with E-state index in [-0.39, 0.29) is 18.3 Å². The molecule has 1 atom stereocenters. The lowest BCUT2D eigenvalue weighted by Gasteiger charge is -2.18. The zero-order valence-corrected chi connectivity index (χ0v) is 14.7. The second-order valence-corrected chi connectivity index (χ2v) is 5.97. The van der Waals surface area contributed by atoms with Crippen molar-refractivity contribution in [2.75, 3.05) is 0 Å². The predicted octanol–water partition coefficient (Wildman–Crippen LogP) is 3.61. The highest BCUT2D eigenvalue weighted by Gasteiger charge is 2.31. The van der Waals surface area contributed by atoms with Crippen LogP contribution in [0, 0.1) is 24.0 Å². The van der Waals surface area contributed by atoms with Gasteiger partial charge in [-0.25, -0.2) is 8.78 Å². The van der Waals surface area contributed by atoms with Gasteiger partial charge >= 0.3 is 5.69 Å². The average Bonchev–Trinajstić information content (AvgIpc) is 2.90. The van der Waals surface area contributed by atoms with E-state index in [9.17, 15) is 23.7 Å². The fourth-order valence-corrected chi connectivity index (χ4v) is 2.68. The van der Waals surface area contributed by atoms with Gasteiger partial charge in [-0.1, -0.05) is 36.8 Å². The summed E-state index contributed by atoms with van der Waals surface area (Å²) in [4.78, 5) is 22.4. The minimum absolute atomic E-state index is 0.0798. The molecular formula is C17H20F2N4O3. The largest absolute Gasteiger partial charge is 0.348 e. The molecule has 1 N–H and O–H groups in total. The van der Waals surface area contributed by atoms with Crippen LogP contribution in [0.2, 0.25) is 0 Å². The molecule has 1 unspecified atom stereocenters. The molecule has 0 aliphatic carbocycles. The quantitative estimate of drug-likeness (QED) is 0.599. The van der Waals surface area contributed by atoms with E-state index in [1.807, 2.05) is 38.1 Å². The highest BCUT2D eigenvalue weighted by atomic mass is 19.3. The van der Waals surface area contributed by atoms with Gasteiger partial charge in [0.15, 0.2) is 0 Å². The van der Waals surface area contributed by atoms with E-state index in [1.165, 1.54) is 6.92 Å². The van der Waals surface area contributed by atoms with Gasteiger partial charge in [-0.05, 0) is 25.8 Å². The van der Waals surface area contributed by atoms with Crippen molar-refractivity contribution in [3.8, 4) is 0 Å². The molecule has 0 radical (unpaired) electrons. The Morgan fingerprint density at radius 3 is 2.38 bits per heavy atom. The van der Waals surface area contributed by atoms with Crippen LogP contribution in [0.25, 0.3) is 0 Å². The predicted molar refractivity (Wildman–Crippen MR) is 90.9 cm³/mol. The van der Waals surface area contributed by atoms with Gasteiger partial charge in [0.05, 0.1) is 11.0 Å². The van der Waals surface area contributed by atoms with Crippen LogP contribution < -0.4 is 5.32 Å². The van der Waals surface area contributed by atoms with Crippen LogP contribution in [0.5, 0.6) is 0 Å². The van der Waals surface area contributed by atoms with Gasteiger partial charge in [0, 0.05) is 0 Å². The lowest BCUT2D eigenvalue weighted by atomic mass is 10.0. The Morgan fingerprint density at radius 1 is 1.31 bits per heavy atom. The maximum absolute atomic E-state index is 13.0. The number of aromatic nitrogens is 2. The SMILES string of the molecule is CCC(NC(=O)Cn1nc(C(F)F)c([N+](=O)[O-])c1C)c1ccc(C)cc1. The number of carbonyl (C=O) groups is 1. The molecule has 2 rings (SSSR count). The Kier molecular flexibility index (Phi) is 6.01. The minimum Gasteiger partial charge on any atom is -0.348 e. The van der Waals surface area contributed by atoms with E-state index >= 15 is 0 Å². The molecule has 7 nitrogen and oxygen atoms in total. The summed E-state index contributed by atoms with van der Waals surface area (Å²) in [6.45, 7) is 4.78. The lowest BCUT2D eigenvalue weighted by molar-refractivity contribution is -0.386. The zero-order chi connectivity index (χ0) is 19.4. The van der Waals surface area contributed by atoms with Crippen LogP contribution in [0.3, 0.4) is 0 Å². The first-order valence-corrected chi connectivity index (χ1v) is 8.10. The summed E-state index contributed by atoms with van der Waals surface area (Å²) in [6.07, 6.45) is -2.45. The van der Waals surface area contributed by atoms with Gasteiger partial charge in [0.2, 0.25) is 11.6 Å². The Balaban J connectivity index is 2.17. The molecule has 0 aliphatic rings. The molecule has 1 aromatic carbocycles. The number of nitrogens with zero attached hydrogens (tertiary/aromatic N) is 3. The van der Waals surface area contributed by atoms with Crippen molar-refractivity contribution >= 4 is 11.6 Å². The topological polar surface area (TPSA) is 90.1 Å². The second kappa shape index (κ2) is 8.03. The molecule has 0 spiro atoms. The first-order valence-electron chi connectivity index (χ1n) is 8.10. The molecule has 26 heavy (non-hydrogen) atoms. The number of alkyl halides is 2. The van der Waals surface area contributed by atoms with Crippen LogP contribution in [0.15, 0.2) is 24.3 Å². The Bertz CT molecular complexity index is 803. The van der Waals surface area contributed by atoms with Crippen molar-refractivity contribution < 1.29 is 18.5 Å². The fraction of sp³-hybridized carbons (Fsp3) is 0.412. The van der Waals surface area contributed by atoms with Crippen LogP contribution in [0.1, 0.15) is 48.3 Å². The monoisotopic (exact) mass is 366 g/mol. The number of amides is 1. The summed E-state index contributed by atoms with van der Waals surface area (Å²) < 4.78 is 26.9. The Morgan fingerprint density at radius 2 is 1.92 bits per heavy atom. The zero-order valence-electron chi connectivity index (χ0n) is 14.7. The molecule has 0 saturated carbocycles. The van der Waals surface area contributed by atoms with E-state index in [1.54, 1.807) is 0 Å². The number of hydrogen-bond acceptors (Lipinski definition) is 4. The minimum atomic E-state index is -3.09. The van der Waals surface area contributed by atoms with E-state index in [0.29, 0.717) is 6.42 Å². The molecule has 0 bridgehead atoms. The molecule has 0 aliphatic heterocycles. The number of benzene rings is 1. The van der Waals surface area contributed by atoms with Gasteiger partial charge in [-0.3, -0.25) is 19.6 Å². The van der Waals surface area contributed by atoms with Crippen molar-refractivity contribution in [2.45, 2.75) is 46.2 Å². The van der Waals surface area contributed by atoms with Crippen molar-refractivity contribution in [3.63, 3.8) is 0 Å². The third-order valence-electron chi connectivity index (χ3n) is 4.11. The standard InChI is InChI=1S/C17H20F2N4O3/c1-4-13(12-7-5-10(2)6-8-12)20-14(24)9-22-11(3)16(23(25)26)15(21-22)17(18)19/h5-8,13,17H,4,9H2,1-3H3,(H,20,24). The van der Waals surface area contributed by atoms with Gasteiger partial charge in [-0.15, -0.1) is 0 Å². The fourth-order valence-electron chi connectivity index (χ4n) is 2.68. The van der Waals surface area contributed by atoms with Crippen molar-refractivity contribution in [3.05, 3.63) is 56.9 Å². The Hall–Kier alpha value is -2.84. The van der Waals surface area contributed by atoms with Gasteiger partial charge in [0.1, 0.15) is 12.2 Å². The number of halogens is 2. The van der Waals surface area contributed by atoms with Crippen LogP contribution in [-0.4, -0.2) is 20.6 Å². The van der Waals surface area contributed by atoms with E-state index in [0.717, 1.165) is 15.8 Å². The highest BCUT2D eigenvalue weighted by molar-refractivity contribution is 5.76. The van der Waals surface area contributed by atoms with E-state index in [4.69, 9.17) is 0 Å². The van der Waals surface area contributed by atoms with Gasteiger partial charge in [-0.2, -0.15) is 5.10 Å². The van der Waals surface area contributed by atoms with Crippen LogP contribution in [0.4, 0.5) is 14.5 Å². The van der Waals surface area contributed by atoms with E-state index in [2.05, 4.69) is 10.4 Å². The van der Waals surface area contributed by atoms with Crippen molar-refractivity contribution in [1.29, 1.82) is 0 Å². The molecule has 140 valence electrons. The maximum Gasteiger partial charge on any atom is 0.319 e. The third kappa shape index (κ3) is 4.22. The van der Waals surface area contributed by atoms with Crippen molar-refractivity contribution in [2.24, 2.45) is 0 Å². The van der Waals surface area contributed by atoms with Crippen LogP contribution >= 0.6 is 0 Å². The Labute approximate surface area is 149 Å². The number of nitro groups is 1. The molecule has 0 fully saturated rings. The molecule has 0 saturated heterocycles. The number of carbonyl (C=O) groups excluding carboxylic acids is 1. The molecule has 2 aromatic rings. The number of nitrogens with one attached hydrogen (secondary N) is 1. The molecule has 1 amide bonds. The molecule has 1 aromatic heterocycles. The van der Waals surface area contributed by atoms with E-state index < -0.39 is 28.6 Å². The lowest BCUT2D eigenvalue weighted by Crippen LogP contribution is -2.32. The van der Waals surface area contributed by atoms with Crippen molar-refractivity contribution in [1.82, 2.24) is 15.1 Å². The highest BCUT2D eigenvalue weighted by Crippen LogP contribution is 2.30. The van der Waals surface area contributed by atoms with Gasteiger partial charge < -0.3 is 5.32 Å². The second-order valence-electron chi connectivity index (χ2n) is 5.97. The summed E-state index contributed by atoms with van der Waals surface area (Å²) in [6, 6.07) is 7.43. The molecular weight excluding hydrogens is 346 g/mol. The summed E-state index contributed by atoms with van der Waals surface area (Å²) in [5.74, 6) is -0.460. The number of hydrogen-bond donors (Lipinski definition) is 1. The first-order chi connectivity index (χ1) is 12.2. The average molecular weight is 366 g/mol. The number of aryl methyl sites for hydroxylation is 1. The van der Waals surface area contributed by atoms with Gasteiger partial charge in [0.25, 0.3) is 6.43 Å². The summed E-state index contributed by atoms with van der Waals surface area (Å²) in [7, 11) is 0. The maximum atomic E-state index is 13.0. The molecule has 1 heterocycles. The summed E-state index contributed by atoms with van der Waals surface area (Å²) >= 11 is 0. The van der Waals surface area contributed by atoms with Crippen LogP contribution in [-0.2, 0) is 11.3 Å². The summed E-state index contributed by atoms with van der Waals surface area (Å²) in [5.41, 5.74) is 0.255. The summed E-state index contributed by atoms with van der Waals surface area (Å²) in [5, 5.41) is 17.4. The molecule has 9 heteroatoms. The number of rotatable bonds is 7. The smallest absolute Gasteiger partial charge is 0.319 e.